The molecule has 0 spiro atoms. The van der Waals surface area contributed by atoms with Crippen molar-refractivity contribution in [3.8, 4) is 5.75 Å². The largest absolute Gasteiger partial charge is 0.495 e. The number of rotatable bonds is 4. The lowest BCUT2D eigenvalue weighted by atomic mass is 10.1. The van der Waals surface area contributed by atoms with Crippen molar-refractivity contribution in [2.75, 3.05) is 46.5 Å². The van der Waals surface area contributed by atoms with E-state index < -0.39 is 0 Å². The number of nitrogens with zero attached hydrogens (tertiary/aromatic N) is 3. The maximum atomic E-state index is 12.6. The summed E-state index contributed by atoms with van der Waals surface area (Å²) >= 11 is 0. The average Bonchev–Trinajstić information content (AvgIpc) is 2.68. The van der Waals surface area contributed by atoms with E-state index in [9.17, 15) is 4.79 Å². The van der Waals surface area contributed by atoms with Crippen molar-refractivity contribution in [3.05, 3.63) is 24.0 Å². The van der Waals surface area contributed by atoms with Crippen LogP contribution < -0.4 is 10.1 Å². The first-order chi connectivity index (χ1) is 12.2. The molecule has 7 heteroatoms. The minimum atomic E-state index is -0.126. The highest BCUT2D eigenvalue weighted by Crippen LogP contribution is 2.23. The number of nitrogens with one attached hydrogen (secondary N) is 1. The van der Waals surface area contributed by atoms with Gasteiger partial charge in [0.2, 0.25) is 0 Å². The number of carbonyl (C=O) groups excluding carboxylic acids is 1. The third-order valence-electron chi connectivity index (χ3n) is 5.15. The number of urea groups is 1. The molecule has 2 amide bonds. The molecule has 0 bridgehead atoms. The Labute approximate surface area is 149 Å². The molecule has 2 fully saturated rings. The van der Waals surface area contributed by atoms with E-state index in [0.717, 1.165) is 57.8 Å². The summed E-state index contributed by atoms with van der Waals surface area (Å²) in [6.07, 6.45) is 5.59. The van der Waals surface area contributed by atoms with E-state index >= 15 is 0 Å². The predicted octanol–water partition coefficient (Wildman–Crippen LogP) is 1.66. The fraction of sp³-hybridized carbons (Fsp3) is 0.667. The minimum Gasteiger partial charge on any atom is -0.495 e. The molecule has 1 N–H and O–H groups in total. The second kappa shape index (κ2) is 8.49. The molecule has 2 aliphatic heterocycles. The van der Waals surface area contributed by atoms with Crippen molar-refractivity contribution in [2.24, 2.45) is 0 Å². The van der Waals surface area contributed by atoms with Gasteiger partial charge in [-0.1, -0.05) is 0 Å². The highest BCUT2D eigenvalue weighted by atomic mass is 16.5. The first-order valence-corrected chi connectivity index (χ1v) is 9.04. The maximum absolute atomic E-state index is 12.6. The van der Waals surface area contributed by atoms with Crippen LogP contribution in [0.4, 0.5) is 4.79 Å². The molecule has 3 rings (SSSR count). The van der Waals surface area contributed by atoms with Gasteiger partial charge in [-0.3, -0.25) is 9.88 Å². The van der Waals surface area contributed by atoms with Crippen LogP contribution in [-0.4, -0.2) is 73.4 Å². The highest BCUT2D eigenvalue weighted by Gasteiger charge is 2.28. The smallest absolute Gasteiger partial charge is 0.317 e. The van der Waals surface area contributed by atoms with E-state index in [-0.39, 0.29) is 12.1 Å². The van der Waals surface area contributed by atoms with Crippen LogP contribution in [-0.2, 0) is 4.74 Å². The number of ether oxygens (including phenoxy) is 2. The number of methoxy groups -OCH3 is 1. The van der Waals surface area contributed by atoms with Gasteiger partial charge in [0.25, 0.3) is 0 Å². The zero-order chi connectivity index (χ0) is 17.6. The van der Waals surface area contributed by atoms with E-state index in [0.29, 0.717) is 11.8 Å². The van der Waals surface area contributed by atoms with Crippen LogP contribution in [0.2, 0.25) is 0 Å². The normalized spacial score (nSPS) is 21.0. The molecule has 1 unspecified atom stereocenters. The lowest BCUT2D eigenvalue weighted by Gasteiger charge is -2.40. The highest BCUT2D eigenvalue weighted by molar-refractivity contribution is 5.75. The number of pyridine rings is 1. The predicted molar refractivity (Wildman–Crippen MR) is 94.7 cm³/mol. The molecule has 0 aliphatic carbocycles. The molecule has 25 heavy (non-hydrogen) atoms. The molecule has 1 atom stereocenters. The van der Waals surface area contributed by atoms with Gasteiger partial charge in [0, 0.05) is 57.2 Å². The summed E-state index contributed by atoms with van der Waals surface area (Å²) in [6.45, 7) is 7.09. The molecule has 2 saturated heterocycles. The minimum absolute atomic E-state index is 0.0157. The van der Waals surface area contributed by atoms with Gasteiger partial charge in [0.15, 0.2) is 0 Å². The Hall–Kier alpha value is -1.86. The number of hydrogen-bond donors (Lipinski definition) is 1. The molecule has 1 aromatic rings. The summed E-state index contributed by atoms with van der Waals surface area (Å²) in [5.41, 5.74) is 0.937. The molecule has 0 saturated carbocycles. The Morgan fingerprint density at radius 3 is 2.72 bits per heavy atom. The first kappa shape index (κ1) is 17.9. The molecule has 3 heterocycles. The van der Waals surface area contributed by atoms with Crippen molar-refractivity contribution < 1.29 is 14.3 Å². The van der Waals surface area contributed by atoms with E-state index in [1.54, 1.807) is 19.5 Å². The average molecular weight is 348 g/mol. The molecular weight excluding hydrogens is 320 g/mol. The van der Waals surface area contributed by atoms with Crippen LogP contribution in [0.25, 0.3) is 0 Å². The van der Waals surface area contributed by atoms with Gasteiger partial charge < -0.3 is 19.7 Å². The Kier molecular flexibility index (Phi) is 6.09. The van der Waals surface area contributed by atoms with Crippen molar-refractivity contribution in [1.82, 2.24) is 20.1 Å². The summed E-state index contributed by atoms with van der Waals surface area (Å²) in [4.78, 5) is 21.0. The maximum Gasteiger partial charge on any atom is 0.317 e. The van der Waals surface area contributed by atoms with Crippen molar-refractivity contribution in [3.63, 3.8) is 0 Å². The van der Waals surface area contributed by atoms with Gasteiger partial charge >= 0.3 is 6.03 Å². The van der Waals surface area contributed by atoms with Crippen molar-refractivity contribution in [2.45, 2.75) is 31.8 Å². The lowest BCUT2D eigenvalue weighted by Crippen LogP contribution is -2.55. The monoisotopic (exact) mass is 348 g/mol. The fourth-order valence-corrected chi connectivity index (χ4v) is 3.61. The third kappa shape index (κ3) is 4.41. The van der Waals surface area contributed by atoms with Gasteiger partial charge in [-0.25, -0.2) is 4.79 Å². The number of carbonyl (C=O) groups is 1. The Morgan fingerprint density at radius 2 is 2.04 bits per heavy atom. The quantitative estimate of drug-likeness (QED) is 0.896. The van der Waals surface area contributed by atoms with Crippen molar-refractivity contribution >= 4 is 6.03 Å². The Bertz CT molecular complexity index is 569. The number of aromatic nitrogens is 1. The van der Waals surface area contributed by atoms with Crippen LogP contribution in [0, 0.1) is 0 Å². The van der Waals surface area contributed by atoms with Crippen LogP contribution in [0.5, 0.6) is 5.75 Å². The number of piperazine rings is 1. The topological polar surface area (TPSA) is 66.9 Å². The van der Waals surface area contributed by atoms with Crippen LogP contribution in [0.1, 0.15) is 31.4 Å². The second-order valence-electron chi connectivity index (χ2n) is 6.66. The van der Waals surface area contributed by atoms with E-state index in [1.165, 1.54) is 0 Å². The van der Waals surface area contributed by atoms with Crippen molar-refractivity contribution in [1.29, 1.82) is 0 Å². The summed E-state index contributed by atoms with van der Waals surface area (Å²) in [7, 11) is 1.62. The molecule has 7 nitrogen and oxygen atoms in total. The SMILES string of the molecule is COc1cnccc1C(C)NC(=O)N1CCN(C2CCOCC2)CC1. The zero-order valence-corrected chi connectivity index (χ0v) is 15.1. The molecule has 2 aliphatic rings. The lowest BCUT2D eigenvalue weighted by molar-refractivity contribution is 0.0186. The number of hydrogen-bond acceptors (Lipinski definition) is 5. The number of amides is 2. The first-order valence-electron chi connectivity index (χ1n) is 9.04. The Balaban J connectivity index is 1.50. The van der Waals surface area contributed by atoms with E-state index in [1.807, 2.05) is 17.9 Å². The van der Waals surface area contributed by atoms with Gasteiger partial charge in [-0.2, -0.15) is 0 Å². The van der Waals surface area contributed by atoms with Crippen LogP contribution in [0.3, 0.4) is 0 Å². The molecule has 138 valence electrons. The standard InChI is InChI=1S/C18H28N4O3/c1-14(16-3-6-19-13-17(16)24-2)20-18(23)22-9-7-21(8-10-22)15-4-11-25-12-5-15/h3,6,13-15H,4-5,7-12H2,1-2H3,(H,20,23). The Morgan fingerprint density at radius 1 is 1.32 bits per heavy atom. The third-order valence-corrected chi connectivity index (χ3v) is 5.15. The van der Waals surface area contributed by atoms with Crippen LogP contribution >= 0.6 is 0 Å². The van der Waals surface area contributed by atoms with Gasteiger partial charge in [-0.15, -0.1) is 0 Å². The summed E-state index contributed by atoms with van der Waals surface area (Å²) in [6, 6.07) is 2.35. The van der Waals surface area contributed by atoms with Gasteiger partial charge in [0.1, 0.15) is 5.75 Å². The van der Waals surface area contributed by atoms with Gasteiger partial charge in [0.05, 0.1) is 19.3 Å². The summed E-state index contributed by atoms with van der Waals surface area (Å²) in [5.74, 6) is 0.694. The molecule has 0 aromatic carbocycles. The zero-order valence-electron chi connectivity index (χ0n) is 15.1. The summed E-state index contributed by atoms with van der Waals surface area (Å²) < 4.78 is 10.8. The second-order valence-corrected chi connectivity index (χ2v) is 6.66. The fourth-order valence-electron chi connectivity index (χ4n) is 3.61. The molecular formula is C18H28N4O3. The molecule has 1 aromatic heterocycles. The van der Waals surface area contributed by atoms with E-state index in [4.69, 9.17) is 9.47 Å². The van der Waals surface area contributed by atoms with E-state index in [2.05, 4.69) is 15.2 Å². The molecule has 0 radical (unpaired) electrons. The summed E-state index contributed by atoms with van der Waals surface area (Å²) in [5, 5.41) is 3.08. The van der Waals surface area contributed by atoms with Crippen LogP contribution in [0.15, 0.2) is 18.5 Å². The van der Waals surface area contributed by atoms with Gasteiger partial charge in [-0.05, 0) is 25.8 Å².